The zero-order chi connectivity index (χ0) is 8.43. The molecule has 0 radical (unpaired) electrons. The summed E-state index contributed by atoms with van der Waals surface area (Å²) in [7, 11) is 0. The molecule has 0 unspecified atom stereocenters. The van der Waals surface area contributed by atoms with Gasteiger partial charge in [-0.3, -0.25) is 14.3 Å². The summed E-state index contributed by atoms with van der Waals surface area (Å²) in [6, 6.07) is 0. The molecular formula is C6H9FN2O2. The quantitative estimate of drug-likeness (QED) is 0.625. The molecule has 0 saturated heterocycles. The number of aryl methyl sites for hydroxylation is 1. The van der Waals surface area contributed by atoms with Gasteiger partial charge in [-0.2, -0.15) is 4.39 Å². The molecule has 11 heavy (non-hydrogen) atoms. The maximum absolute atomic E-state index is 12.4. The first kappa shape index (κ1) is 7.71. The molecule has 0 fully saturated rings. The first-order chi connectivity index (χ1) is 5.15. The van der Waals surface area contributed by atoms with Crippen LogP contribution in [-0.2, 0) is 6.54 Å². The number of hydrogen-bond acceptors (Lipinski definition) is 2. The molecule has 0 aliphatic heterocycles. The topological polar surface area (TPSA) is 54.9 Å². The standard InChI is InChI=1S/C6H7FN2O2.H2/c1-2-9-3-4(7)5(10)8-6(9)11;/h3H,2H2,1H3,(H,8,10,11);1H. The Labute approximate surface area is 62.8 Å². The van der Waals surface area contributed by atoms with Gasteiger partial charge in [0.15, 0.2) is 0 Å². The van der Waals surface area contributed by atoms with Gasteiger partial charge < -0.3 is 0 Å². The molecule has 0 aromatic carbocycles. The Kier molecular flexibility index (Phi) is 1.89. The molecule has 0 saturated carbocycles. The first-order valence-corrected chi connectivity index (χ1v) is 3.14. The predicted molar refractivity (Wildman–Crippen MR) is 39.1 cm³/mol. The molecule has 1 aromatic rings. The van der Waals surface area contributed by atoms with Crippen molar-refractivity contribution in [3.8, 4) is 0 Å². The van der Waals surface area contributed by atoms with E-state index in [4.69, 9.17) is 0 Å². The highest BCUT2D eigenvalue weighted by atomic mass is 19.1. The molecule has 1 aromatic heterocycles. The third-order valence-electron chi connectivity index (χ3n) is 1.31. The summed E-state index contributed by atoms with van der Waals surface area (Å²) < 4.78 is 13.5. The van der Waals surface area contributed by atoms with E-state index in [0.29, 0.717) is 6.54 Å². The predicted octanol–water partition coefficient (Wildman–Crippen LogP) is -0.0584. The van der Waals surface area contributed by atoms with Crippen LogP contribution < -0.4 is 11.2 Å². The average Bonchev–Trinajstić information content (AvgIpc) is 1.97. The van der Waals surface area contributed by atoms with Crippen molar-refractivity contribution in [3.63, 3.8) is 0 Å². The number of rotatable bonds is 1. The second-order valence-electron chi connectivity index (χ2n) is 2.02. The Balaban J connectivity index is 0.00000121. The lowest BCUT2D eigenvalue weighted by molar-refractivity contribution is 0.560. The first-order valence-electron chi connectivity index (χ1n) is 3.14. The summed E-state index contributed by atoms with van der Waals surface area (Å²) in [5, 5.41) is 0. The number of aromatic amines is 1. The minimum Gasteiger partial charge on any atom is -0.298 e. The molecule has 1 heterocycles. The zero-order valence-corrected chi connectivity index (χ0v) is 5.93. The number of aromatic nitrogens is 2. The van der Waals surface area contributed by atoms with E-state index >= 15 is 0 Å². The van der Waals surface area contributed by atoms with Crippen LogP contribution in [0.15, 0.2) is 15.8 Å². The average molecular weight is 160 g/mol. The van der Waals surface area contributed by atoms with Crippen LogP contribution in [0, 0.1) is 5.82 Å². The molecule has 5 heteroatoms. The largest absolute Gasteiger partial charge is 0.328 e. The fraction of sp³-hybridized carbons (Fsp3) is 0.333. The van der Waals surface area contributed by atoms with Gasteiger partial charge in [0.2, 0.25) is 5.82 Å². The molecule has 1 rings (SSSR count). The molecule has 0 aliphatic rings. The molecule has 0 amide bonds. The van der Waals surface area contributed by atoms with Crippen LogP contribution in [-0.4, -0.2) is 9.55 Å². The lowest BCUT2D eigenvalue weighted by Gasteiger charge is -1.97. The molecule has 1 N–H and O–H groups in total. The molecule has 0 spiro atoms. The Hall–Kier alpha value is -1.39. The van der Waals surface area contributed by atoms with Gasteiger partial charge in [0.05, 0.1) is 6.20 Å². The number of nitrogens with zero attached hydrogens (tertiary/aromatic N) is 1. The minimum absolute atomic E-state index is 0. The van der Waals surface area contributed by atoms with Crippen LogP contribution in [0.25, 0.3) is 0 Å². The van der Waals surface area contributed by atoms with Crippen LogP contribution in [0.2, 0.25) is 0 Å². The fourth-order valence-electron chi connectivity index (χ4n) is 0.718. The van der Waals surface area contributed by atoms with Gasteiger partial charge in [0.25, 0.3) is 5.56 Å². The van der Waals surface area contributed by atoms with Gasteiger partial charge in [0.1, 0.15) is 0 Å². The third-order valence-corrected chi connectivity index (χ3v) is 1.31. The maximum atomic E-state index is 12.4. The van der Waals surface area contributed by atoms with Crippen molar-refractivity contribution >= 4 is 0 Å². The smallest absolute Gasteiger partial charge is 0.298 e. The second-order valence-corrected chi connectivity index (χ2v) is 2.02. The summed E-state index contributed by atoms with van der Waals surface area (Å²) in [4.78, 5) is 23.1. The van der Waals surface area contributed by atoms with Gasteiger partial charge in [-0.25, -0.2) is 4.79 Å². The number of halogens is 1. The highest BCUT2D eigenvalue weighted by Gasteiger charge is 2.00. The molecule has 62 valence electrons. The van der Waals surface area contributed by atoms with Crippen molar-refractivity contribution in [2.75, 3.05) is 0 Å². The SMILES string of the molecule is CCn1cc(F)c(=O)[nH]c1=O.[HH]. The van der Waals surface area contributed by atoms with Gasteiger partial charge >= 0.3 is 5.69 Å². The highest BCUT2D eigenvalue weighted by molar-refractivity contribution is 4.86. The Morgan fingerprint density at radius 2 is 2.36 bits per heavy atom. The lowest BCUT2D eigenvalue weighted by atomic mass is 10.6. The summed E-state index contributed by atoms with van der Waals surface area (Å²) in [6.45, 7) is 2.02. The molecular weight excluding hydrogens is 151 g/mol. The van der Waals surface area contributed by atoms with Gasteiger partial charge in [-0.1, -0.05) is 0 Å². The minimum atomic E-state index is -0.973. The van der Waals surface area contributed by atoms with E-state index in [1.165, 1.54) is 0 Å². The van der Waals surface area contributed by atoms with Crippen molar-refractivity contribution in [1.29, 1.82) is 0 Å². The van der Waals surface area contributed by atoms with E-state index in [1.54, 1.807) is 6.92 Å². The van der Waals surface area contributed by atoms with Crippen LogP contribution in [0.3, 0.4) is 0 Å². The Morgan fingerprint density at radius 3 is 2.91 bits per heavy atom. The van der Waals surface area contributed by atoms with E-state index < -0.39 is 17.1 Å². The van der Waals surface area contributed by atoms with E-state index in [-0.39, 0.29) is 1.43 Å². The van der Waals surface area contributed by atoms with Crippen molar-refractivity contribution in [3.05, 3.63) is 32.9 Å². The van der Waals surface area contributed by atoms with Crippen LogP contribution in [0.4, 0.5) is 4.39 Å². The molecule has 0 bridgehead atoms. The van der Waals surface area contributed by atoms with Gasteiger partial charge in [-0.05, 0) is 6.92 Å². The fourth-order valence-corrected chi connectivity index (χ4v) is 0.718. The summed E-state index contributed by atoms with van der Waals surface area (Å²) in [6.07, 6.45) is 0.890. The number of H-pyrrole nitrogens is 1. The normalized spacial score (nSPS) is 10.0. The summed E-state index contributed by atoms with van der Waals surface area (Å²) in [5.41, 5.74) is -1.56. The monoisotopic (exact) mass is 160 g/mol. The third kappa shape index (κ3) is 1.36. The number of hydrogen-bond donors (Lipinski definition) is 1. The van der Waals surface area contributed by atoms with Crippen LogP contribution in [0.1, 0.15) is 8.35 Å². The zero-order valence-electron chi connectivity index (χ0n) is 5.93. The van der Waals surface area contributed by atoms with Crippen molar-refractivity contribution in [2.24, 2.45) is 0 Å². The number of nitrogens with one attached hydrogen (secondary N) is 1. The maximum Gasteiger partial charge on any atom is 0.328 e. The van der Waals surface area contributed by atoms with Crippen molar-refractivity contribution in [2.45, 2.75) is 13.5 Å². The molecule has 0 atom stereocenters. The highest BCUT2D eigenvalue weighted by Crippen LogP contribution is 1.82. The Bertz CT molecular complexity index is 371. The summed E-state index contributed by atoms with van der Waals surface area (Å²) >= 11 is 0. The van der Waals surface area contributed by atoms with Gasteiger partial charge in [0, 0.05) is 7.97 Å². The summed E-state index contributed by atoms with van der Waals surface area (Å²) in [5.74, 6) is -0.938. The lowest BCUT2D eigenvalue weighted by Crippen LogP contribution is -2.30. The van der Waals surface area contributed by atoms with Crippen LogP contribution >= 0.6 is 0 Å². The molecule has 0 aliphatic carbocycles. The van der Waals surface area contributed by atoms with E-state index in [1.807, 2.05) is 4.98 Å². The van der Waals surface area contributed by atoms with Gasteiger partial charge in [-0.15, -0.1) is 0 Å². The van der Waals surface area contributed by atoms with Crippen molar-refractivity contribution < 1.29 is 5.82 Å². The second kappa shape index (κ2) is 2.69. The van der Waals surface area contributed by atoms with E-state index in [9.17, 15) is 14.0 Å². The van der Waals surface area contributed by atoms with E-state index in [2.05, 4.69) is 0 Å². The molecule has 4 nitrogen and oxygen atoms in total. The van der Waals surface area contributed by atoms with E-state index in [0.717, 1.165) is 10.8 Å². The Morgan fingerprint density at radius 1 is 1.73 bits per heavy atom. The van der Waals surface area contributed by atoms with Crippen LogP contribution in [0.5, 0.6) is 0 Å². The van der Waals surface area contributed by atoms with Crippen molar-refractivity contribution in [1.82, 2.24) is 9.55 Å².